The van der Waals surface area contributed by atoms with Crippen LogP contribution in [0.15, 0.2) is 12.4 Å². The Kier molecular flexibility index (Phi) is 2.83. The molecule has 1 aliphatic rings. The van der Waals surface area contributed by atoms with Crippen LogP contribution in [0.3, 0.4) is 0 Å². The molecule has 0 bridgehead atoms. The molecule has 0 saturated carbocycles. The van der Waals surface area contributed by atoms with Gasteiger partial charge in [0, 0.05) is 25.5 Å². The number of hydrogen-bond acceptors (Lipinski definition) is 5. The van der Waals surface area contributed by atoms with Crippen molar-refractivity contribution in [2.75, 3.05) is 31.2 Å². The number of carbonyl (C=O) groups excluding carboxylic acids is 1. The Balaban J connectivity index is 2.14. The van der Waals surface area contributed by atoms with Crippen LogP contribution in [0.1, 0.15) is 16.2 Å². The zero-order chi connectivity index (χ0) is 13.4. The largest absolute Gasteiger partial charge is 0.378 e. The van der Waals surface area contributed by atoms with Crippen LogP contribution < -0.4 is 10.6 Å². The number of morpholine rings is 1. The molecule has 7 nitrogen and oxygen atoms in total. The molecule has 0 spiro atoms. The number of primary amides is 1. The molecule has 2 aromatic heterocycles. The maximum Gasteiger partial charge on any atom is 0.269 e. The van der Waals surface area contributed by atoms with Gasteiger partial charge in [0.1, 0.15) is 5.69 Å². The van der Waals surface area contributed by atoms with Crippen molar-refractivity contribution in [3.8, 4) is 0 Å². The standard InChI is InChI=1S/C12H15N5O2/c1-8-9(10(13)18)15-12-11(14-2-3-17(8)12)16-4-6-19-7-5-16/h2-3H,4-7H2,1H3,(H2,13,18). The number of fused-ring (bicyclic) bond motifs is 1. The summed E-state index contributed by atoms with van der Waals surface area (Å²) >= 11 is 0. The lowest BCUT2D eigenvalue weighted by atomic mass is 10.3. The van der Waals surface area contributed by atoms with Gasteiger partial charge in [-0.2, -0.15) is 0 Å². The van der Waals surface area contributed by atoms with E-state index in [1.165, 1.54) is 0 Å². The molecule has 3 heterocycles. The minimum atomic E-state index is -0.519. The third-order valence-electron chi connectivity index (χ3n) is 3.31. The van der Waals surface area contributed by atoms with Gasteiger partial charge in [-0.25, -0.2) is 9.97 Å². The number of nitrogens with zero attached hydrogens (tertiary/aromatic N) is 4. The lowest BCUT2D eigenvalue weighted by molar-refractivity contribution is 0.0995. The highest BCUT2D eigenvalue weighted by molar-refractivity contribution is 5.93. The van der Waals surface area contributed by atoms with Crippen LogP contribution in [0.2, 0.25) is 0 Å². The molecule has 1 fully saturated rings. The molecule has 1 saturated heterocycles. The van der Waals surface area contributed by atoms with Crippen LogP contribution in [0.25, 0.3) is 5.65 Å². The second-order valence-electron chi connectivity index (χ2n) is 4.45. The van der Waals surface area contributed by atoms with E-state index >= 15 is 0 Å². The average Bonchev–Trinajstić information content (AvgIpc) is 2.78. The average molecular weight is 261 g/mol. The van der Waals surface area contributed by atoms with Crippen LogP contribution in [-0.4, -0.2) is 46.6 Å². The summed E-state index contributed by atoms with van der Waals surface area (Å²) < 4.78 is 7.17. The number of rotatable bonds is 2. The van der Waals surface area contributed by atoms with Gasteiger partial charge in [-0.1, -0.05) is 0 Å². The van der Waals surface area contributed by atoms with E-state index < -0.39 is 5.91 Å². The normalized spacial score (nSPS) is 15.9. The Bertz CT molecular complexity index is 630. The number of aromatic nitrogens is 3. The fourth-order valence-electron chi connectivity index (χ4n) is 2.31. The third kappa shape index (κ3) is 1.91. The van der Waals surface area contributed by atoms with Crippen molar-refractivity contribution in [3.63, 3.8) is 0 Å². The minimum absolute atomic E-state index is 0.294. The molecular formula is C12H15N5O2. The summed E-state index contributed by atoms with van der Waals surface area (Å²) in [6.45, 7) is 4.70. The zero-order valence-corrected chi connectivity index (χ0v) is 10.7. The molecule has 1 aliphatic heterocycles. The number of anilines is 1. The molecule has 2 aromatic rings. The van der Waals surface area contributed by atoms with Crippen LogP contribution in [0.4, 0.5) is 5.82 Å². The van der Waals surface area contributed by atoms with Gasteiger partial charge in [0.15, 0.2) is 11.5 Å². The number of imidazole rings is 1. The number of carbonyl (C=O) groups is 1. The van der Waals surface area contributed by atoms with Crippen molar-refractivity contribution in [3.05, 3.63) is 23.8 Å². The number of ether oxygens (including phenoxy) is 1. The molecular weight excluding hydrogens is 246 g/mol. The highest BCUT2D eigenvalue weighted by Crippen LogP contribution is 2.21. The highest BCUT2D eigenvalue weighted by atomic mass is 16.5. The second kappa shape index (κ2) is 4.51. The highest BCUT2D eigenvalue weighted by Gasteiger charge is 2.20. The van der Waals surface area contributed by atoms with E-state index in [1.807, 2.05) is 11.3 Å². The molecule has 0 unspecified atom stereocenters. The van der Waals surface area contributed by atoms with Gasteiger partial charge in [-0.15, -0.1) is 0 Å². The molecule has 2 N–H and O–H groups in total. The molecule has 19 heavy (non-hydrogen) atoms. The van der Waals surface area contributed by atoms with Crippen LogP contribution in [0, 0.1) is 6.92 Å². The van der Waals surface area contributed by atoms with Gasteiger partial charge in [0.05, 0.1) is 18.9 Å². The van der Waals surface area contributed by atoms with Gasteiger partial charge >= 0.3 is 0 Å². The summed E-state index contributed by atoms with van der Waals surface area (Å²) in [6.07, 6.45) is 3.49. The molecule has 100 valence electrons. The molecule has 7 heteroatoms. The Morgan fingerprint density at radius 3 is 2.84 bits per heavy atom. The monoisotopic (exact) mass is 261 g/mol. The quantitative estimate of drug-likeness (QED) is 0.820. The summed E-state index contributed by atoms with van der Waals surface area (Å²) in [5.41, 5.74) is 7.03. The minimum Gasteiger partial charge on any atom is -0.378 e. The first kappa shape index (κ1) is 11.9. The fourth-order valence-corrected chi connectivity index (χ4v) is 2.31. The smallest absolute Gasteiger partial charge is 0.269 e. The number of aryl methyl sites for hydroxylation is 1. The zero-order valence-electron chi connectivity index (χ0n) is 10.7. The summed E-state index contributed by atoms with van der Waals surface area (Å²) in [5, 5.41) is 0. The number of nitrogens with two attached hydrogens (primary N) is 1. The lowest BCUT2D eigenvalue weighted by Gasteiger charge is -2.27. The first-order valence-corrected chi connectivity index (χ1v) is 6.14. The first-order chi connectivity index (χ1) is 9.18. The van der Waals surface area contributed by atoms with Gasteiger partial charge < -0.3 is 15.4 Å². The van der Waals surface area contributed by atoms with Crippen LogP contribution in [-0.2, 0) is 4.74 Å². The summed E-state index contributed by atoms with van der Waals surface area (Å²) in [4.78, 5) is 22.2. The maximum absolute atomic E-state index is 11.4. The number of amides is 1. The van der Waals surface area contributed by atoms with E-state index in [0.29, 0.717) is 24.6 Å². The van der Waals surface area contributed by atoms with Crippen molar-refractivity contribution in [1.82, 2.24) is 14.4 Å². The molecule has 3 rings (SSSR count). The third-order valence-corrected chi connectivity index (χ3v) is 3.31. The van der Waals surface area contributed by atoms with E-state index in [2.05, 4.69) is 14.9 Å². The van der Waals surface area contributed by atoms with E-state index in [4.69, 9.17) is 10.5 Å². The Morgan fingerprint density at radius 2 is 2.16 bits per heavy atom. The molecule has 0 aromatic carbocycles. The molecule has 1 amide bonds. The molecule has 0 aliphatic carbocycles. The summed E-state index contributed by atoms with van der Waals surface area (Å²) in [7, 11) is 0. The van der Waals surface area contributed by atoms with E-state index in [9.17, 15) is 4.79 Å². The predicted molar refractivity (Wildman–Crippen MR) is 69.3 cm³/mol. The number of hydrogen-bond donors (Lipinski definition) is 1. The second-order valence-corrected chi connectivity index (χ2v) is 4.45. The van der Waals surface area contributed by atoms with E-state index in [1.54, 1.807) is 12.4 Å². The van der Waals surface area contributed by atoms with Crippen LogP contribution in [0.5, 0.6) is 0 Å². The van der Waals surface area contributed by atoms with Crippen molar-refractivity contribution < 1.29 is 9.53 Å². The predicted octanol–water partition coefficient (Wildman–Crippen LogP) is -0.0268. The Hall–Kier alpha value is -2.15. The molecule has 0 radical (unpaired) electrons. The molecule has 0 atom stereocenters. The van der Waals surface area contributed by atoms with Gasteiger partial charge in [0.25, 0.3) is 5.91 Å². The van der Waals surface area contributed by atoms with Crippen molar-refractivity contribution in [2.24, 2.45) is 5.73 Å². The lowest BCUT2D eigenvalue weighted by Crippen LogP contribution is -2.37. The topological polar surface area (TPSA) is 85.8 Å². The summed E-state index contributed by atoms with van der Waals surface area (Å²) in [5.74, 6) is 0.246. The maximum atomic E-state index is 11.4. The van der Waals surface area contributed by atoms with Crippen molar-refractivity contribution in [1.29, 1.82) is 0 Å². The van der Waals surface area contributed by atoms with Crippen molar-refractivity contribution in [2.45, 2.75) is 6.92 Å². The van der Waals surface area contributed by atoms with Crippen molar-refractivity contribution >= 4 is 17.4 Å². The van der Waals surface area contributed by atoms with Gasteiger partial charge in [0.2, 0.25) is 0 Å². The van der Waals surface area contributed by atoms with Gasteiger partial charge in [-0.05, 0) is 6.92 Å². The Morgan fingerprint density at radius 1 is 1.42 bits per heavy atom. The van der Waals surface area contributed by atoms with Gasteiger partial charge in [-0.3, -0.25) is 9.20 Å². The fraction of sp³-hybridized carbons (Fsp3) is 0.417. The van der Waals surface area contributed by atoms with E-state index in [-0.39, 0.29) is 0 Å². The van der Waals surface area contributed by atoms with Crippen LogP contribution >= 0.6 is 0 Å². The Labute approximate surface area is 110 Å². The SMILES string of the molecule is Cc1c(C(N)=O)nc2c(N3CCOCC3)nccn12. The summed E-state index contributed by atoms with van der Waals surface area (Å²) in [6, 6.07) is 0. The van der Waals surface area contributed by atoms with E-state index in [0.717, 1.165) is 24.6 Å². The first-order valence-electron chi connectivity index (χ1n) is 6.14.